The summed E-state index contributed by atoms with van der Waals surface area (Å²) in [5.41, 5.74) is 46.4. The Morgan fingerprint density at radius 1 is 0.171 bits per heavy atom. The number of hydrogen-bond acceptors (Lipinski definition) is 4. The lowest BCUT2D eigenvalue weighted by Gasteiger charge is -2.34. The van der Waals surface area contributed by atoms with Gasteiger partial charge in [-0.2, -0.15) is 0 Å². The quantitative estimate of drug-likeness (QED) is 0.128. The Balaban J connectivity index is 0.000000143. The van der Waals surface area contributed by atoms with E-state index in [0.29, 0.717) is 0 Å². The first-order valence-electron chi connectivity index (χ1n) is 45.2. The Labute approximate surface area is 755 Å². The maximum Gasteiger partial charge on any atom is 0.0540 e. The van der Waals surface area contributed by atoms with E-state index in [1.165, 1.54) is 166 Å². The molecule has 0 N–H and O–H groups in total. The topological polar surface area (TPSA) is 13.0 Å². The fourth-order valence-electron chi connectivity index (χ4n) is 22.1. The third kappa shape index (κ3) is 12.3. The minimum atomic E-state index is -0.140. The fraction of sp³-hybridized carbons (Fsp3) is 0.0720. The molecule has 3 aliphatic carbocycles. The Morgan fingerprint density at radius 2 is 0.411 bits per heavy atom. The van der Waals surface area contributed by atoms with E-state index in [9.17, 15) is 0 Å². The highest BCUT2D eigenvalue weighted by molar-refractivity contribution is 6.19. The molecule has 2 heterocycles. The van der Waals surface area contributed by atoms with Crippen LogP contribution in [0.2, 0.25) is 0 Å². The first-order chi connectivity index (χ1) is 63.3. The lowest BCUT2D eigenvalue weighted by molar-refractivity contribution is 0.660. The molecule has 0 aromatic heterocycles. The Bertz CT molecular complexity index is 7690. The van der Waals surface area contributed by atoms with E-state index < -0.39 is 0 Å². The molecule has 0 fully saturated rings. The SMILES string of the molecule is CC1(C)c2ccccc2-c2ccc(N3c4ccccc4-c4cccc5c(N(c6ccc(-c7ccccc7)cc6)c6ccc(-c7ccccc7)cc6)ccc(c45)-c4ccccc43)cc21.CC1(C)c2ccccc2-c2ccc(N3c4ccccc4-c4cccc5c(N(c6ccc(-c7ccccc7)cc6)c6ccc7c(c6)C(C)(C)c6ccccc6-7)ccc(c45)-c4ccccc43)cc21. The zero-order valence-electron chi connectivity index (χ0n) is 73.0. The number of fused-ring (bicyclic) bond motifs is 17. The molecule has 612 valence electrons. The molecule has 0 spiro atoms. The second-order valence-electron chi connectivity index (χ2n) is 36.6. The van der Waals surface area contributed by atoms with Gasteiger partial charge in [-0.25, -0.2) is 0 Å². The van der Waals surface area contributed by atoms with Crippen molar-refractivity contribution in [2.75, 3.05) is 19.6 Å². The summed E-state index contributed by atoms with van der Waals surface area (Å²) in [6, 6.07) is 166. The molecule has 25 rings (SSSR count). The van der Waals surface area contributed by atoms with Crippen molar-refractivity contribution < 1.29 is 0 Å². The van der Waals surface area contributed by atoms with Crippen LogP contribution >= 0.6 is 0 Å². The smallest absolute Gasteiger partial charge is 0.0540 e. The lowest BCUT2D eigenvalue weighted by Crippen LogP contribution is -2.18. The molecule has 4 nitrogen and oxygen atoms in total. The predicted octanol–water partition coefficient (Wildman–Crippen LogP) is 34.8. The first-order valence-corrected chi connectivity index (χ1v) is 45.2. The van der Waals surface area contributed by atoms with Gasteiger partial charge in [-0.15, -0.1) is 0 Å². The summed E-state index contributed by atoms with van der Waals surface area (Å²) in [6.07, 6.45) is 0. The molecular formula is C125H92N4. The third-order valence-corrected chi connectivity index (χ3v) is 28.4. The number of hydrogen-bond donors (Lipinski definition) is 0. The molecule has 4 heteroatoms. The number of rotatable bonds is 11. The second kappa shape index (κ2) is 30.2. The molecule has 20 aromatic rings. The van der Waals surface area contributed by atoms with E-state index >= 15 is 0 Å². The van der Waals surface area contributed by atoms with Gasteiger partial charge in [0.25, 0.3) is 0 Å². The number of benzene rings is 20. The summed E-state index contributed by atoms with van der Waals surface area (Å²) in [6.45, 7) is 14.2. The lowest BCUT2D eigenvalue weighted by atomic mass is 9.82. The number of nitrogens with zero attached hydrogens (tertiary/aromatic N) is 4. The maximum absolute atomic E-state index is 2.50. The van der Waals surface area contributed by atoms with E-state index in [0.717, 1.165) is 68.2 Å². The van der Waals surface area contributed by atoms with Crippen LogP contribution in [-0.4, -0.2) is 0 Å². The molecule has 129 heavy (non-hydrogen) atoms. The molecule has 0 amide bonds. The molecular weight excluding hydrogens is 1560 g/mol. The van der Waals surface area contributed by atoms with Gasteiger partial charge in [0.05, 0.1) is 34.1 Å². The van der Waals surface area contributed by atoms with Crippen molar-refractivity contribution in [1.29, 1.82) is 0 Å². The summed E-state index contributed by atoms with van der Waals surface area (Å²) in [7, 11) is 0. The summed E-state index contributed by atoms with van der Waals surface area (Å²) >= 11 is 0. The first kappa shape index (κ1) is 76.7. The zero-order valence-corrected chi connectivity index (χ0v) is 73.0. The van der Waals surface area contributed by atoms with Crippen LogP contribution in [0, 0.1) is 0 Å². The van der Waals surface area contributed by atoms with E-state index in [-0.39, 0.29) is 16.2 Å². The van der Waals surface area contributed by atoms with Gasteiger partial charge >= 0.3 is 0 Å². The highest BCUT2D eigenvalue weighted by Crippen LogP contribution is 2.60. The van der Waals surface area contributed by atoms with E-state index in [2.05, 4.69) is 510 Å². The van der Waals surface area contributed by atoms with Gasteiger partial charge in [-0.3, -0.25) is 0 Å². The van der Waals surface area contributed by atoms with Crippen LogP contribution in [0.3, 0.4) is 0 Å². The summed E-state index contributed by atoms with van der Waals surface area (Å²) < 4.78 is 0. The van der Waals surface area contributed by atoms with Gasteiger partial charge < -0.3 is 19.6 Å². The number of anilines is 12. The number of para-hydroxylation sites is 4. The normalized spacial score (nSPS) is 13.7. The van der Waals surface area contributed by atoms with Gasteiger partial charge in [-0.1, -0.05) is 381 Å². The molecule has 0 saturated heterocycles. The Morgan fingerprint density at radius 3 is 0.752 bits per heavy atom. The van der Waals surface area contributed by atoms with E-state index in [1.54, 1.807) is 0 Å². The molecule has 0 radical (unpaired) electrons. The summed E-state index contributed by atoms with van der Waals surface area (Å²) in [5.74, 6) is 0. The minimum Gasteiger partial charge on any atom is -0.310 e. The van der Waals surface area contributed by atoms with Gasteiger partial charge in [0.1, 0.15) is 0 Å². The molecule has 5 aliphatic rings. The van der Waals surface area contributed by atoms with E-state index in [1.807, 2.05) is 0 Å². The second-order valence-corrected chi connectivity index (χ2v) is 36.6. The van der Waals surface area contributed by atoms with Gasteiger partial charge in [0.15, 0.2) is 0 Å². The van der Waals surface area contributed by atoms with Crippen LogP contribution in [0.15, 0.2) is 449 Å². The summed E-state index contributed by atoms with van der Waals surface area (Å²) in [4.78, 5) is 9.92. The van der Waals surface area contributed by atoms with Crippen LogP contribution in [0.1, 0.15) is 74.9 Å². The van der Waals surface area contributed by atoms with Gasteiger partial charge in [-0.05, 0) is 242 Å². The minimum absolute atomic E-state index is 0.117. The van der Waals surface area contributed by atoms with Crippen molar-refractivity contribution in [3.05, 3.63) is 482 Å². The Kier molecular flexibility index (Phi) is 18.0. The van der Waals surface area contributed by atoms with Crippen molar-refractivity contribution in [3.8, 4) is 111 Å². The van der Waals surface area contributed by atoms with Crippen LogP contribution in [0.4, 0.5) is 68.2 Å². The molecule has 0 bridgehead atoms. The van der Waals surface area contributed by atoms with Gasteiger partial charge in [0.2, 0.25) is 0 Å². The monoisotopic (exact) mass is 1650 g/mol. The van der Waals surface area contributed by atoms with Crippen molar-refractivity contribution >= 4 is 89.8 Å². The van der Waals surface area contributed by atoms with Crippen LogP contribution in [0.25, 0.3) is 133 Å². The van der Waals surface area contributed by atoms with Crippen LogP contribution in [0.5, 0.6) is 0 Å². The predicted molar refractivity (Wildman–Crippen MR) is 544 cm³/mol. The summed E-state index contributed by atoms with van der Waals surface area (Å²) in [5, 5.41) is 4.89. The maximum atomic E-state index is 2.50. The molecule has 0 atom stereocenters. The van der Waals surface area contributed by atoms with Gasteiger partial charge in [0, 0.05) is 83.4 Å². The Hall–Kier alpha value is -15.9. The van der Waals surface area contributed by atoms with E-state index in [4.69, 9.17) is 0 Å². The standard InChI is InChI=1S/C64H48N2.C61H44N2/c1-63(2)55-25-12-8-19-46(55)48-35-33-44(39-57(48)63)65(43-31-29-42(30-32-43)41-17-6-5-7-18-41)61-38-37-53-51-22-11-15-28-60(51)66(59-27-14-10-21-50(59)52-23-16-24-54(61)62(52)53)45-34-36-49-47-20-9-13-26-56(47)64(3,4)58(49)40-45;1-61(2)55-25-12-9-20-48(55)49-37-36-47(40-56(49)61)63-57-26-13-10-21-50(57)52-23-15-24-54-59(39-38-53(60(52)54)51-22-11-14-27-58(51)63)62(45-32-28-43(29-33-45)41-16-5-3-6-17-41)46-34-30-44(31-35-46)42-18-7-4-8-19-42/h5-40H,1-4H3;3-40H,1-2H3. The average molecular weight is 1650 g/mol. The molecule has 20 aromatic carbocycles. The van der Waals surface area contributed by atoms with Crippen molar-refractivity contribution in [2.24, 2.45) is 0 Å². The molecule has 2 aliphatic heterocycles. The highest BCUT2D eigenvalue weighted by Gasteiger charge is 2.41. The third-order valence-electron chi connectivity index (χ3n) is 28.4. The molecule has 0 unspecified atom stereocenters. The van der Waals surface area contributed by atoms with Crippen molar-refractivity contribution in [1.82, 2.24) is 0 Å². The zero-order chi connectivity index (χ0) is 86.4. The largest absolute Gasteiger partial charge is 0.310 e. The van der Waals surface area contributed by atoms with Crippen molar-refractivity contribution in [3.63, 3.8) is 0 Å². The van der Waals surface area contributed by atoms with Crippen LogP contribution < -0.4 is 19.6 Å². The average Bonchev–Trinajstić information content (AvgIpc) is 1.15. The fourth-order valence-corrected chi connectivity index (χ4v) is 22.1. The van der Waals surface area contributed by atoms with Crippen molar-refractivity contribution in [2.45, 2.75) is 57.8 Å². The highest BCUT2D eigenvalue weighted by atomic mass is 15.2. The van der Waals surface area contributed by atoms with Crippen LogP contribution in [-0.2, 0) is 16.2 Å². The molecule has 0 saturated carbocycles.